The predicted molar refractivity (Wildman–Crippen MR) is 92.2 cm³/mol. The third-order valence-corrected chi connectivity index (χ3v) is 4.61. The third-order valence-electron chi connectivity index (χ3n) is 4.12. The van der Waals surface area contributed by atoms with Gasteiger partial charge in [0.1, 0.15) is 0 Å². The fourth-order valence-electron chi connectivity index (χ4n) is 2.95. The number of rotatable bonds is 4. The highest BCUT2D eigenvalue weighted by Crippen LogP contribution is 2.39. The van der Waals surface area contributed by atoms with Gasteiger partial charge in [-0.1, -0.05) is 22.0 Å². The van der Waals surface area contributed by atoms with Gasteiger partial charge in [0.2, 0.25) is 0 Å². The smallest absolute Gasteiger partial charge is 0.251 e. The molecule has 1 aliphatic rings. The van der Waals surface area contributed by atoms with Crippen LogP contribution in [0.15, 0.2) is 40.9 Å². The summed E-state index contributed by atoms with van der Waals surface area (Å²) in [6, 6.07) is 11.3. The van der Waals surface area contributed by atoms with Crippen molar-refractivity contribution in [2.24, 2.45) is 0 Å². The van der Waals surface area contributed by atoms with Crippen molar-refractivity contribution < 1.29 is 14.3 Å². The minimum Gasteiger partial charge on any atom is -0.493 e. The van der Waals surface area contributed by atoms with Gasteiger partial charge in [0.05, 0.1) is 20.3 Å². The molecule has 1 N–H and O–H groups in total. The third kappa shape index (κ3) is 3.20. The van der Waals surface area contributed by atoms with Crippen LogP contribution in [-0.4, -0.2) is 20.1 Å². The first-order valence-corrected chi connectivity index (χ1v) is 8.23. The van der Waals surface area contributed by atoms with E-state index in [1.54, 1.807) is 14.2 Å². The second-order valence-corrected chi connectivity index (χ2v) is 6.40. The number of methoxy groups -OCH3 is 2. The Bertz CT molecular complexity index is 745. The predicted octanol–water partition coefficient (Wildman–Crippen LogP) is 3.88. The highest BCUT2D eigenvalue weighted by Gasteiger charge is 2.26. The van der Waals surface area contributed by atoms with E-state index in [9.17, 15) is 4.79 Å². The molecule has 0 radical (unpaired) electrons. The molecular weight excluding hydrogens is 358 g/mol. The summed E-state index contributed by atoms with van der Waals surface area (Å²) in [5.74, 6) is 1.35. The summed E-state index contributed by atoms with van der Waals surface area (Å²) in [6.45, 7) is 0. The van der Waals surface area contributed by atoms with Crippen molar-refractivity contribution in [2.45, 2.75) is 18.9 Å². The number of nitrogens with one attached hydrogen (secondary N) is 1. The molecule has 23 heavy (non-hydrogen) atoms. The SMILES string of the molecule is COc1cc2c(cc1OC)C(NC(=O)c1cccc(Br)c1)CC2. The Morgan fingerprint density at radius 1 is 1.17 bits per heavy atom. The lowest BCUT2D eigenvalue weighted by atomic mass is 10.1. The molecule has 0 saturated carbocycles. The Morgan fingerprint density at radius 2 is 1.91 bits per heavy atom. The number of carbonyl (C=O) groups is 1. The molecule has 2 aromatic rings. The molecule has 2 aromatic carbocycles. The lowest BCUT2D eigenvalue weighted by Gasteiger charge is -2.16. The quantitative estimate of drug-likeness (QED) is 0.881. The molecule has 1 unspecified atom stereocenters. The first-order chi connectivity index (χ1) is 11.1. The molecule has 120 valence electrons. The normalized spacial score (nSPS) is 15.9. The van der Waals surface area contributed by atoms with Crippen molar-refractivity contribution in [3.8, 4) is 11.5 Å². The fourth-order valence-corrected chi connectivity index (χ4v) is 3.35. The van der Waals surface area contributed by atoms with Crippen LogP contribution in [0.4, 0.5) is 0 Å². The van der Waals surface area contributed by atoms with E-state index in [0.29, 0.717) is 11.3 Å². The van der Waals surface area contributed by atoms with Gasteiger partial charge in [-0.25, -0.2) is 0 Å². The van der Waals surface area contributed by atoms with E-state index in [0.717, 1.165) is 28.6 Å². The number of fused-ring (bicyclic) bond motifs is 1. The van der Waals surface area contributed by atoms with Gasteiger partial charge in [-0.3, -0.25) is 4.79 Å². The topological polar surface area (TPSA) is 47.6 Å². The summed E-state index contributed by atoms with van der Waals surface area (Å²) < 4.78 is 11.6. The molecular formula is C18H18BrNO3. The number of aryl methyl sites for hydroxylation is 1. The van der Waals surface area contributed by atoms with E-state index >= 15 is 0 Å². The average molecular weight is 376 g/mol. The largest absolute Gasteiger partial charge is 0.493 e. The number of benzene rings is 2. The lowest BCUT2D eigenvalue weighted by Crippen LogP contribution is -2.27. The zero-order chi connectivity index (χ0) is 16.4. The van der Waals surface area contributed by atoms with Gasteiger partial charge in [0.15, 0.2) is 11.5 Å². The Hall–Kier alpha value is -2.01. The van der Waals surface area contributed by atoms with E-state index in [2.05, 4.69) is 21.2 Å². The Morgan fingerprint density at radius 3 is 2.61 bits per heavy atom. The Balaban J connectivity index is 1.84. The summed E-state index contributed by atoms with van der Waals surface area (Å²) in [5, 5.41) is 3.11. The molecule has 4 nitrogen and oxygen atoms in total. The number of hydrogen-bond acceptors (Lipinski definition) is 3. The van der Waals surface area contributed by atoms with E-state index in [1.165, 1.54) is 5.56 Å². The van der Waals surface area contributed by atoms with Gasteiger partial charge >= 0.3 is 0 Å². The van der Waals surface area contributed by atoms with Crippen LogP contribution in [0.25, 0.3) is 0 Å². The van der Waals surface area contributed by atoms with Crippen molar-refractivity contribution >= 4 is 21.8 Å². The minimum absolute atomic E-state index is 0.00344. The van der Waals surface area contributed by atoms with Crippen LogP contribution >= 0.6 is 15.9 Å². The average Bonchev–Trinajstić information content (AvgIpc) is 2.95. The van der Waals surface area contributed by atoms with E-state index in [-0.39, 0.29) is 11.9 Å². The van der Waals surface area contributed by atoms with Gasteiger partial charge in [-0.05, 0) is 54.3 Å². The van der Waals surface area contributed by atoms with Crippen molar-refractivity contribution in [1.29, 1.82) is 0 Å². The molecule has 0 spiro atoms. The Labute approximate surface area is 143 Å². The first kappa shape index (κ1) is 15.9. The number of hydrogen-bond donors (Lipinski definition) is 1. The summed E-state index contributed by atoms with van der Waals surface area (Å²) in [5.41, 5.74) is 2.95. The number of ether oxygens (including phenoxy) is 2. The monoisotopic (exact) mass is 375 g/mol. The second kappa shape index (κ2) is 6.62. The number of amides is 1. The second-order valence-electron chi connectivity index (χ2n) is 5.48. The van der Waals surface area contributed by atoms with Crippen LogP contribution in [-0.2, 0) is 6.42 Å². The highest BCUT2D eigenvalue weighted by molar-refractivity contribution is 9.10. The van der Waals surface area contributed by atoms with Crippen LogP contribution in [0.3, 0.4) is 0 Å². The molecule has 1 atom stereocenters. The maximum absolute atomic E-state index is 12.5. The fraction of sp³-hybridized carbons (Fsp3) is 0.278. The van der Waals surface area contributed by atoms with Crippen LogP contribution in [0, 0.1) is 0 Å². The summed E-state index contributed by atoms with van der Waals surface area (Å²) in [6.07, 6.45) is 1.80. The molecule has 1 aliphatic carbocycles. The van der Waals surface area contributed by atoms with Crippen molar-refractivity contribution in [2.75, 3.05) is 14.2 Å². The molecule has 0 fully saturated rings. The maximum Gasteiger partial charge on any atom is 0.251 e. The number of carbonyl (C=O) groups excluding carboxylic acids is 1. The zero-order valence-corrected chi connectivity index (χ0v) is 14.6. The van der Waals surface area contributed by atoms with Crippen LogP contribution in [0.1, 0.15) is 33.9 Å². The Kier molecular flexibility index (Phi) is 4.57. The van der Waals surface area contributed by atoms with Gasteiger partial charge < -0.3 is 14.8 Å². The van der Waals surface area contributed by atoms with Crippen molar-refractivity contribution in [3.63, 3.8) is 0 Å². The minimum atomic E-state index is -0.0704. The van der Waals surface area contributed by atoms with Crippen LogP contribution < -0.4 is 14.8 Å². The van der Waals surface area contributed by atoms with E-state index in [4.69, 9.17) is 9.47 Å². The first-order valence-electron chi connectivity index (χ1n) is 7.43. The van der Waals surface area contributed by atoms with Gasteiger partial charge in [-0.15, -0.1) is 0 Å². The molecule has 0 aliphatic heterocycles. The molecule has 0 heterocycles. The molecule has 3 rings (SSSR count). The highest BCUT2D eigenvalue weighted by atomic mass is 79.9. The van der Waals surface area contributed by atoms with E-state index < -0.39 is 0 Å². The van der Waals surface area contributed by atoms with Crippen molar-refractivity contribution in [3.05, 3.63) is 57.6 Å². The summed E-state index contributed by atoms with van der Waals surface area (Å²) in [7, 11) is 3.25. The molecule has 1 amide bonds. The van der Waals surface area contributed by atoms with Gasteiger partial charge in [-0.2, -0.15) is 0 Å². The molecule has 0 aromatic heterocycles. The van der Waals surface area contributed by atoms with Gasteiger partial charge in [0, 0.05) is 10.0 Å². The van der Waals surface area contributed by atoms with Crippen LogP contribution in [0.2, 0.25) is 0 Å². The standard InChI is InChI=1S/C18H18BrNO3/c1-22-16-9-11-6-7-15(14(11)10-17(16)23-2)20-18(21)12-4-3-5-13(19)8-12/h3-5,8-10,15H,6-7H2,1-2H3,(H,20,21). The van der Waals surface area contributed by atoms with Crippen LogP contribution in [0.5, 0.6) is 11.5 Å². The maximum atomic E-state index is 12.5. The molecule has 0 bridgehead atoms. The lowest BCUT2D eigenvalue weighted by molar-refractivity contribution is 0.0936. The molecule has 0 saturated heterocycles. The van der Waals surface area contributed by atoms with E-state index in [1.807, 2.05) is 36.4 Å². The zero-order valence-electron chi connectivity index (χ0n) is 13.1. The summed E-state index contributed by atoms with van der Waals surface area (Å²) >= 11 is 3.39. The summed E-state index contributed by atoms with van der Waals surface area (Å²) in [4.78, 5) is 12.5. The van der Waals surface area contributed by atoms with Gasteiger partial charge in [0.25, 0.3) is 5.91 Å². The van der Waals surface area contributed by atoms with Crippen molar-refractivity contribution in [1.82, 2.24) is 5.32 Å². The number of halogens is 1. The molecule has 5 heteroatoms.